The standard InChI is InChI=1S/C17H17N3O5S/c1-4-25-16(22)11-8-26-17(19-11)20-15(21)10-7-9-12(23-2)5-6-13(24-3)14(9)18-10/h5-8,18H,4H2,1-3H3,(H,19,20,21). The van der Waals surface area contributed by atoms with Crippen molar-refractivity contribution < 1.29 is 23.8 Å². The molecule has 0 unspecified atom stereocenters. The average molecular weight is 375 g/mol. The quantitative estimate of drug-likeness (QED) is 0.642. The maximum Gasteiger partial charge on any atom is 0.357 e. The Morgan fingerprint density at radius 3 is 2.65 bits per heavy atom. The zero-order valence-electron chi connectivity index (χ0n) is 14.4. The van der Waals surface area contributed by atoms with E-state index in [0.717, 1.165) is 16.7 Å². The van der Waals surface area contributed by atoms with Crippen LogP contribution in [0.5, 0.6) is 11.5 Å². The SMILES string of the molecule is CCOC(=O)c1csc(NC(=O)c2cc3c(OC)ccc(OC)c3[nH]2)n1. The summed E-state index contributed by atoms with van der Waals surface area (Å²) in [4.78, 5) is 31.3. The second-order valence-electron chi connectivity index (χ2n) is 5.15. The van der Waals surface area contributed by atoms with Gasteiger partial charge in [-0.1, -0.05) is 0 Å². The number of benzene rings is 1. The number of hydrogen-bond acceptors (Lipinski definition) is 7. The van der Waals surface area contributed by atoms with Crippen LogP contribution in [0.1, 0.15) is 27.9 Å². The number of aromatic amines is 1. The van der Waals surface area contributed by atoms with Crippen molar-refractivity contribution >= 4 is 39.2 Å². The van der Waals surface area contributed by atoms with Crippen molar-refractivity contribution in [1.82, 2.24) is 9.97 Å². The Morgan fingerprint density at radius 2 is 1.96 bits per heavy atom. The normalized spacial score (nSPS) is 10.6. The number of nitrogens with zero attached hydrogens (tertiary/aromatic N) is 1. The van der Waals surface area contributed by atoms with E-state index in [1.165, 1.54) is 5.38 Å². The van der Waals surface area contributed by atoms with Gasteiger partial charge in [-0.3, -0.25) is 10.1 Å². The van der Waals surface area contributed by atoms with Gasteiger partial charge in [-0.2, -0.15) is 0 Å². The number of fused-ring (bicyclic) bond motifs is 1. The smallest absolute Gasteiger partial charge is 0.357 e. The van der Waals surface area contributed by atoms with Gasteiger partial charge in [0.15, 0.2) is 10.8 Å². The molecule has 0 atom stereocenters. The van der Waals surface area contributed by atoms with E-state index < -0.39 is 11.9 Å². The van der Waals surface area contributed by atoms with Crippen LogP contribution in [0.2, 0.25) is 0 Å². The number of rotatable bonds is 6. The van der Waals surface area contributed by atoms with E-state index in [0.29, 0.717) is 27.8 Å². The minimum Gasteiger partial charge on any atom is -0.496 e. The van der Waals surface area contributed by atoms with Crippen molar-refractivity contribution in [2.75, 3.05) is 26.1 Å². The Balaban J connectivity index is 1.85. The lowest BCUT2D eigenvalue weighted by Gasteiger charge is -2.05. The lowest BCUT2D eigenvalue weighted by atomic mass is 10.2. The van der Waals surface area contributed by atoms with Crippen LogP contribution in [0, 0.1) is 0 Å². The van der Waals surface area contributed by atoms with Crippen molar-refractivity contribution in [3.63, 3.8) is 0 Å². The van der Waals surface area contributed by atoms with Gasteiger partial charge in [-0.05, 0) is 25.1 Å². The number of H-pyrrole nitrogens is 1. The number of hydrogen-bond donors (Lipinski definition) is 2. The Kier molecular flexibility index (Phi) is 5.08. The molecule has 0 aliphatic heterocycles. The lowest BCUT2D eigenvalue weighted by Crippen LogP contribution is -2.12. The molecule has 26 heavy (non-hydrogen) atoms. The van der Waals surface area contributed by atoms with Crippen LogP contribution in [0.4, 0.5) is 5.13 Å². The van der Waals surface area contributed by atoms with Crippen LogP contribution in [-0.4, -0.2) is 42.7 Å². The number of carbonyl (C=O) groups is 2. The molecule has 0 saturated heterocycles. The summed E-state index contributed by atoms with van der Waals surface area (Å²) < 4.78 is 15.5. The van der Waals surface area contributed by atoms with Gasteiger partial charge in [0.05, 0.1) is 26.3 Å². The molecule has 0 bridgehead atoms. The summed E-state index contributed by atoms with van der Waals surface area (Å²) in [5.41, 5.74) is 1.13. The summed E-state index contributed by atoms with van der Waals surface area (Å²) >= 11 is 1.14. The van der Waals surface area contributed by atoms with Crippen LogP contribution < -0.4 is 14.8 Å². The third-order valence-corrected chi connectivity index (χ3v) is 4.37. The molecule has 0 saturated carbocycles. The van der Waals surface area contributed by atoms with Gasteiger partial charge >= 0.3 is 5.97 Å². The van der Waals surface area contributed by atoms with Crippen molar-refractivity contribution in [1.29, 1.82) is 0 Å². The Labute approximate surface area is 153 Å². The van der Waals surface area contributed by atoms with Crippen LogP contribution in [-0.2, 0) is 4.74 Å². The number of esters is 1. The Bertz CT molecular complexity index is 922. The minimum atomic E-state index is -0.524. The minimum absolute atomic E-state index is 0.159. The topological polar surface area (TPSA) is 103 Å². The van der Waals surface area contributed by atoms with E-state index >= 15 is 0 Å². The molecule has 2 heterocycles. The van der Waals surface area contributed by atoms with Gasteiger partial charge in [0.1, 0.15) is 17.2 Å². The molecule has 2 aromatic heterocycles. The van der Waals surface area contributed by atoms with Crippen molar-refractivity contribution in [2.24, 2.45) is 0 Å². The average Bonchev–Trinajstić information content (AvgIpc) is 3.28. The molecule has 0 aliphatic carbocycles. The highest BCUT2D eigenvalue weighted by Crippen LogP contribution is 2.33. The summed E-state index contributed by atoms with van der Waals surface area (Å²) in [5.74, 6) is 0.299. The number of amides is 1. The summed E-state index contributed by atoms with van der Waals surface area (Å²) in [7, 11) is 3.11. The molecule has 3 rings (SSSR count). The van der Waals surface area contributed by atoms with E-state index in [4.69, 9.17) is 14.2 Å². The largest absolute Gasteiger partial charge is 0.496 e. The number of aromatic nitrogens is 2. The van der Waals surface area contributed by atoms with Gasteiger partial charge in [0.2, 0.25) is 0 Å². The fourth-order valence-electron chi connectivity index (χ4n) is 2.43. The highest BCUT2D eigenvalue weighted by atomic mass is 32.1. The molecule has 136 valence electrons. The van der Waals surface area contributed by atoms with Crippen LogP contribution >= 0.6 is 11.3 Å². The predicted molar refractivity (Wildman–Crippen MR) is 97.4 cm³/mol. The highest BCUT2D eigenvalue weighted by Gasteiger charge is 2.18. The zero-order valence-corrected chi connectivity index (χ0v) is 15.2. The van der Waals surface area contributed by atoms with Gasteiger partial charge in [-0.25, -0.2) is 9.78 Å². The first-order chi connectivity index (χ1) is 12.6. The highest BCUT2D eigenvalue weighted by molar-refractivity contribution is 7.14. The zero-order chi connectivity index (χ0) is 18.7. The van der Waals surface area contributed by atoms with Crippen molar-refractivity contribution in [2.45, 2.75) is 6.92 Å². The second kappa shape index (κ2) is 7.44. The van der Waals surface area contributed by atoms with E-state index in [-0.39, 0.29) is 12.3 Å². The Hall–Kier alpha value is -3.07. The summed E-state index contributed by atoms with van der Waals surface area (Å²) in [5, 5.41) is 5.22. The Morgan fingerprint density at radius 1 is 1.23 bits per heavy atom. The third-order valence-electron chi connectivity index (χ3n) is 3.61. The van der Waals surface area contributed by atoms with E-state index in [2.05, 4.69) is 15.3 Å². The molecule has 2 N–H and O–H groups in total. The molecule has 0 aliphatic rings. The molecular formula is C17H17N3O5S. The van der Waals surface area contributed by atoms with Gasteiger partial charge in [0, 0.05) is 10.8 Å². The lowest BCUT2D eigenvalue weighted by molar-refractivity contribution is 0.0520. The summed E-state index contributed by atoms with van der Waals surface area (Å²) in [6.45, 7) is 1.97. The first kappa shape index (κ1) is 17.7. The van der Waals surface area contributed by atoms with Gasteiger partial charge in [-0.15, -0.1) is 11.3 Å². The third kappa shape index (κ3) is 3.33. The fraction of sp³-hybridized carbons (Fsp3) is 0.235. The molecule has 1 amide bonds. The van der Waals surface area contributed by atoms with Crippen LogP contribution in [0.15, 0.2) is 23.6 Å². The van der Waals surface area contributed by atoms with Crippen molar-refractivity contribution in [3.05, 3.63) is 35.0 Å². The summed E-state index contributed by atoms with van der Waals surface area (Å²) in [6.07, 6.45) is 0. The van der Waals surface area contributed by atoms with E-state index in [9.17, 15) is 9.59 Å². The predicted octanol–water partition coefficient (Wildman–Crippen LogP) is 3.07. The molecule has 3 aromatic rings. The summed E-state index contributed by atoms with van der Waals surface area (Å²) in [6, 6.07) is 5.20. The molecule has 1 aromatic carbocycles. The maximum absolute atomic E-state index is 12.5. The number of thiazole rings is 1. The van der Waals surface area contributed by atoms with E-state index in [1.54, 1.807) is 39.3 Å². The molecule has 0 fully saturated rings. The van der Waals surface area contributed by atoms with Gasteiger partial charge in [0.25, 0.3) is 5.91 Å². The molecule has 8 nitrogen and oxygen atoms in total. The van der Waals surface area contributed by atoms with Crippen LogP contribution in [0.3, 0.4) is 0 Å². The number of carbonyl (C=O) groups excluding carboxylic acids is 2. The monoisotopic (exact) mass is 375 g/mol. The van der Waals surface area contributed by atoms with Crippen LogP contribution in [0.25, 0.3) is 10.9 Å². The molecule has 9 heteroatoms. The number of nitrogens with one attached hydrogen (secondary N) is 2. The fourth-order valence-corrected chi connectivity index (χ4v) is 3.11. The number of methoxy groups -OCH3 is 2. The number of anilines is 1. The molecule has 0 radical (unpaired) electrons. The first-order valence-corrected chi connectivity index (χ1v) is 8.63. The van der Waals surface area contributed by atoms with Gasteiger partial charge < -0.3 is 19.2 Å². The maximum atomic E-state index is 12.5. The first-order valence-electron chi connectivity index (χ1n) is 7.75. The van der Waals surface area contributed by atoms with Crippen molar-refractivity contribution in [3.8, 4) is 11.5 Å². The molecular weight excluding hydrogens is 358 g/mol. The second-order valence-corrected chi connectivity index (χ2v) is 6.01. The van der Waals surface area contributed by atoms with E-state index in [1.807, 2.05) is 0 Å². The molecule has 0 spiro atoms. The number of ether oxygens (including phenoxy) is 3.